The van der Waals surface area contributed by atoms with Crippen LogP contribution in [0.15, 0.2) is 0 Å². The predicted molar refractivity (Wildman–Crippen MR) is 50.5 cm³/mol. The Morgan fingerprint density at radius 3 is 2.31 bits per heavy atom. The third-order valence-electron chi connectivity index (χ3n) is 2.87. The van der Waals surface area contributed by atoms with Crippen molar-refractivity contribution in [3.05, 3.63) is 0 Å². The minimum atomic E-state index is -0.0660. The molecule has 0 N–H and O–H groups in total. The van der Waals surface area contributed by atoms with Crippen molar-refractivity contribution in [1.29, 1.82) is 0 Å². The number of hydrogen-bond acceptors (Lipinski definition) is 3. The van der Waals surface area contributed by atoms with Gasteiger partial charge < -0.3 is 14.2 Å². The van der Waals surface area contributed by atoms with Crippen molar-refractivity contribution in [2.75, 3.05) is 26.9 Å². The first-order valence-corrected chi connectivity index (χ1v) is 4.83. The summed E-state index contributed by atoms with van der Waals surface area (Å²) in [6, 6.07) is 0. The second-order valence-electron chi connectivity index (χ2n) is 4.14. The molecule has 0 amide bonds. The zero-order valence-electron chi connectivity index (χ0n) is 9.00. The van der Waals surface area contributed by atoms with Gasteiger partial charge >= 0.3 is 0 Å². The zero-order valence-corrected chi connectivity index (χ0v) is 9.00. The van der Waals surface area contributed by atoms with E-state index in [9.17, 15) is 0 Å². The molecule has 0 aliphatic carbocycles. The fourth-order valence-corrected chi connectivity index (χ4v) is 1.53. The maximum atomic E-state index is 5.51. The summed E-state index contributed by atoms with van der Waals surface area (Å²) in [7, 11) is 1.72. The van der Waals surface area contributed by atoms with Gasteiger partial charge in [-0.1, -0.05) is 13.8 Å². The van der Waals surface area contributed by atoms with Crippen molar-refractivity contribution in [2.45, 2.75) is 27.1 Å². The number of ether oxygens (including phenoxy) is 3. The normalized spacial score (nSPS) is 35.3. The van der Waals surface area contributed by atoms with Crippen molar-refractivity contribution in [3.8, 4) is 0 Å². The first kappa shape index (κ1) is 11.0. The summed E-state index contributed by atoms with van der Waals surface area (Å²) >= 11 is 0. The maximum Gasteiger partial charge on any atom is 0.154 e. The van der Waals surface area contributed by atoms with Crippen molar-refractivity contribution >= 4 is 0 Å². The van der Waals surface area contributed by atoms with E-state index in [0.717, 1.165) is 13.2 Å². The Hall–Kier alpha value is -0.120. The van der Waals surface area contributed by atoms with Gasteiger partial charge in [-0.05, 0) is 12.8 Å². The Labute approximate surface area is 80.4 Å². The number of methoxy groups -OCH3 is 1. The van der Waals surface area contributed by atoms with Crippen molar-refractivity contribution < 1.29 is 14.2 Å². The summed E-state index contributed by atoms with van der Waals surface area (Å²) in [5.74, 6) is 0.514. The molecule has 1 aliphatic rings. The van der Waals surface area contributed by atoms with Crippen LogP contribution >= 0.6 is 0 Å². The fraction of sp³-hybridized carbons (Fsp3) is 1.00. The Morgan fingerprint density at radius 1 is 1.38 bits per heavy atom. The van der Waals surface area contributed by atoms with Gasteiger partial charge in [0.25, 0.3) is 0 Å². The smallest absolute Gasteiger partial charge is 0.154 e. The van der Waals surface area contributed by atoms with Crippen LogP contribution in [0.25, 0.3) is 0 Å². The second kappa shape index (κ2) is 4.40. The molecule has 3 nitrogen and oxygen atoms in total. The molecule has 1 aliphatic heterocycles. The second-order valence-corrected chi connectivity index (χ2v) is 4.14. The Balaban J connectivity index is 2.58. The molecule has 13 heavy (non-hydrogen) atoms. The molecule has 3 heteroatoms. The van der Waals surface area contributed by atoms with Crippen LogP contribution in [-0.4, -0.2) is 33.2 Å². The van der Waals surface area contributed by atoms with Gasteiger partial charge in [-0.25, -0.2) is 0 Å². The summed E-state index contributed by atoms with van der Waals surface area (Å²) in [6.45, 7) is 8.47. The molecule has 0 unspecified atom stereocenters. The van der Waals surface area contributed by atoms with E-state index in [1.807, 2.05) is 6.92 Å². The van der Waals surface area contributed by atoms with Crippen LogP contribution in [0.3, 0.4) is 0 Å². The van der Waals surface area contributed by atoms with Gasteiger partial charge in [0.05, 0.1) is 19.8 Å². The van der Waals surface area contributed by atoms with Gasteiger partial charge in [0.2, 0.25) is 0 Å². The molecule has 0 radical (unpaired) electrons. The lowest BCUT2D eigenvalue weighted by Gasteiger charge is -2.41. The average molecular weight is 188 g/mol. The van der Waals surface area contributed by atoms with Gasteiger partial charge in [0.15, 0.2) is 6.29 Å². The molecule has 1 rings (SSSR count). The number of rotatable bonds is 3. The lowest BCUT2D eigenvalue weighted by molar-refractivity contribution is -0.240. The molecule has 78 valence electrons. The minimum Gasteiger partial charge on any atom is -0.384 e. The van der Waals surface area contributed by atoms with E-state index in [1.165, 1.54) is 0 Å². The van der Waals surface area contributed by atoms with E-state index < -0.39 is 0 Å². The molecular weight excluding hydrogens is 168 g/mol. The average Bonchev–Trinajstić information content (AvgIpc) is 2.09. The summed E-state index contributed by atoms with van der Waals surface area (Å²) in [4.78, 5) is 0. The molecule has 0 aromatic heterocycles. The van der Waals surface area contributed by atoms with E-state index in [0.29, 0.717) is 12.5 Å². The van der Waals surface area contributed by atoms with Gasteiger partial charge in [-0.2, -0.15) is 0 Å². The SMILES string of the molecule is COCC1(C(C)C)COC(C)OC1. The van der Waals surface area contributed by atoms with Crippen molar-refractivity contribution in [3.63, 3.8) is 0 Å². The predicted octanol–water partition coefficient (Wildman–Crippen LogP) is 1.67. The largest absolute Gasteiger partial charge is 0.384 e. The molecule has 0 saturated carbocycles. The lowest BCUT2D eigenvalue weighted by Crippen LogP contribution is -2.47. The highest BCUT2D eigenvalue weighted by Gasteiger charge is 2.38. The van der Waals surface area contributed by atoms with E-state index in [2.05, 4.69) is 13.8 Å². The van der Waals surface area contributed by atoms with Gasteiger partial charge in [0, 0.05) is 12.5 Å². The molecule has 1 fully saturated rings. The van der Waals surface area contributed by atoms with Crippen molar-refractivity contribution in [1.82, 2.24) is 0 Å². The summed E-state index contributed by atoms with van der Waals surface area (Å²) < 4.78 is 16.2. The molecule has 0 spiro atoms. The quantitative estimate of drug-likeness (QED) is 0.674. The molecule has 0 aromatic carbocycles. The highest BCUT2D eigenvalue weighted by atomic mass is 16.7. The molecule has 1 saturated heterocycles. The van der Waals surface area contributed by atoms with Crippen LogP contribution < -0.4 is 0 Å². The monoisotopic (exact) mass is 188 g/mol. The van der Waals surface area contributed by atoms with Gasteiger partial charge in [-0.15, -0.1) is 0 Å². The third kappa shape index (κ3) is 2.42. The first-order valence-electron chi connectivity index (χ1n) is 4.83. The minimum absolute atomic E-state index is 0.0429. The molecule has 0 aromatic rings. The third-order valence-corrected chi connectivity index (χ3v) is 2.87. The maximum absolute atomic E-state index is 5.51. The van der Waals surface area contributed by atoms with Crippen LogP contribution in [0.4, 0.5) is 0 Å². The Bertz CT molecular complexity index is 148. The van der Waals surface area contributed by atoms with Gasteiger partial charge in [0.1, 0.15) is 0 Å². The van der Waals surface area contributed by atoms with Crippen LogP contribution in [0.2, 0.25) is 0 Å². The standard InChI is InChI=1S/C10H20O3/c1-8(2)10(5-11-4)6-12-9(3)13-7-10/h8-9H,5-7H2,1-4H3. The Kier molecular flexibility index (Phi) is 3.71. The summed E-state index contributed by atoms with van der Waals surface area (Å²) in [5, 5.41) is 0. The van der Waals surface area contributed by atoms with E-state index in [4.69, 9.17) is 14.2 Å². The molecule has 0 atom stereocenters. The molecule has 1 heterocycles. The van der Waals surface area contributed by atoms with Crippen LogP contribution in [0.1, 0.15) is 20.8 Å². The highest BCUT2D eigenvalue weighted by molar-refractivity contribution is 4.84. The van der Waals surface area contributed by atoms with Gasteiger partial charge in [-0.3, -0.25) is 0 Å². The fourth-order valence-electron chi connectivity index (χ4n) is 1.53. The van der Waals surface area contributed by atoms with Crippen LogP contribution in [0, 0.1) is 11.3 Å². The first-order chi connectivity index (χ1) is 6.10. The summed E-state index contributed by atoms with van der Waals surface area (Å²) in [6.07, 6.45) is -0.0660. The highest BCUT2D eigenvalue weighted by Crippen LogP contribution is 2.32. The van der Waals surface area contributed by atoms with E-state index >= 15 is 0 Å². The van der Waals surface area contributed by atoms with E-state index in [-0.39, 0.29) is 11.7 Å². The summed E-state index contributed by atoms with van der Waals surface area (Å²) in [5.41, 5.74) is 0.0429. The Morgan fingerprint density at radius 2 is 1.92 bits per heavy atom. The molecule has 0 bridgehead atoms. The van der Waals surface area contributed by atoms with Crippen LogP contribution in [0.5, 0.6) is 0 Å². The lowest BCUT2D eigenvalue weighted by atomic mass is 9.79. The van der Waals surface area contributed by atoms with Crippen LogP contribution in [-0.2, 0) is 14.2 Å². The number of hydrogen-bond donors (Lipinski definition) is 0. The van der Waals surface area contributed by atoms with Crippen molar-refractivity contribution in [2.24, 2.45) is 11.3 Å². The zero-order chi connectivity index (χ0) is 9.90. The molecular formula is C10H20O3. The van der Waals surface area contributed by atoms with E-state index in [1.54, 1.807) is 7.11 Å². The topological polar surface area (TPSA) is 27.7 Å².